The third-order valence-electron chi connectivity index (χ3n) is 3.17. The maximum atomic E-state index is 11.9. The molecule has 0 saturated carbocycles. The van der Waals surface area contributed by atoms with Gasteiger partial charge in [-0.3, -0.25) is 4.79 Å². The van der Waals surface area contributed by atoms with Gasteiger partial charge in [-0.2, -0.15) is 0 Å². The molecule has 1 aromatic rings. The molecule has 1 amide bonds. The molecule has 5 heteroatoms. The van der Waals surface area contributed by atoms with E-state index in [0.29, 0.717) is 12.6 Å². The van der Waals surface area contributed by atoms with E-state index in [2.05, 4.69) is 37.1 Å². The average Bonchev–Trinajstić information content (AvgIpc) is 2.45. The highest BCUT2D eigenvalue weighted by Gasteiger charge is 2.13. The van der Waals surface area contributed by atoms with Crippen LogP contribution in [0.2, 0.25) is 0 Å². The van der Waals surface area contributed by atoms with E-state index >= 15 is 0 Å². The molecule has 0 saturated heterocycles. The van der Waals surface area contributed by atoms with Crippen LogP contribution in [0.3, 0.4) is 0 Å². The first-order chi connectivity index (χ1) is 9.93. The number of nitrogens with one attached hydrogen (secondary N) is 1. The Balaban J connectivity index is 2.72. The number of pyridine rings is 1. The monoisotopic (exact) mass is 292 g/mol. The zero-order chi connectivity index (χ0) is 15.8. The topological polar surface area (TPSA) is 48.5 Å². The van der Waals surface area contributed by atoms with Crippen LogP contribution in [-0.2, 0) is 11.3 Å². The lowest BCUT2D eigenvalue weighted by molar-refractivity contribution is -0.127. The van der Waals surface area contributed by atoms with Gasteiger partial charge >= 0.3 is 0 Å². The smallest absolute Gasteiger partial charge is 0.241 e. The van der Waals surface area contributed by atoms with Gasteiger partial charge in [0, 0.05) is 39.4 Å². The van der Waals surface area contributed by atoms with Crippen LogP contribution in [0.1, 0.15) is 32.8 Å². The van der Waals surface area contributed by atoms with Crippen molar-refractivity contribution in [1.29, 1.82) is 0 Å². The van der Waals surface area contributed by atoms with Gasteiger partial charge in [-0.1, -0.05) is 26.8 Å². The number of likely N-dealkylation sites (N-methyl/N-ethyl adjacent to an activating group) is 1. The highest BCUT2D eigenvalue weighted by molar-refractivity contribution is 5.80. The van der Waals surface area contributed by atoms with Crippen LogP contribution in [0.5, 0.6) is 0 Å². The van der Waals surface area contributed by atoms with Crippen molar-refractivity contribution < 1.29 is 4.79 Å². The summed E-state index contributed by atoms with van der Waals surface area (Å²) in [7, 11) is 3.56. The van der Waals surface area contributed by atoms with E-state index in [4.69, 9.17) is 0 Å². The summed E-state index contributed by atoms with van der Waals surface area (Å²) >= 11 is 0. The molecule has 1 rings (SSSR count). The van der Waals surface area contributed by atoms with Crippen LogP contribution < -0.4 is 10.2 Å². The molecule has 0 bridgehead atoms. The Kier molecular flexibility index (Phi) is 7.15. The van der Waals surface area contributed by atoms with Crippen molar-refractivity contribution >= 4 is 11.7 Å². The lowest BCUT2D eigenvalue weighted by atomic mass is 10.2. The van der Waals surface area contributed by atoms with Crippen molar-refractivity contribution in [3.05, 3.63) is 23.9 Å². The minimum Gasteiger partial charge on any atom is -0.347 e. The molecule has 118 valence electrons. The largest absolute Gasteiger partial charge is 0.347 e. The Morgan fingerprint density at radius 1 is 1.33 bits per heavy atom. The SMILES string of the molecule is CCCN(CC(=O)N(C)C)c1ccc(CNC(C)C)cn1. The Hall–Kier alpha value is -1.62. The summed E-state index contributed by atoms with van der Waals surface area (Å²) in [5.41, 5.74) is 1.16. The summed E-state index contributed by atoms with van der Waals surface area (Å²) in [5, 5.41) is 3.37. The van der Waals surface area contributed by atoms with Crippen molar-refractivity contribution in [2.75, 3.05) is 32.1 Å². The summed E-state index contributed by atoms with van der Waals surface area (Å²) in [6.45, 7) is 8.37. The summed E-state index contributed by atoms with van der Waals surface area (Å²) in [6.07, 6.45) is 2.87. The Morgan fingerprint density at radius 2 is 2.05 bits per heavy atom. The van der Waals surface area contributed by atoms with E-state index in [0.717, 1.165) is 30.9 Å². The molecular formula is C16H28N4O. The number of carbonyl (C=O) groups excluding carboxylic acids is 1. The van der Waals surface area contributed by atoms with Crippen molar-refractivity contribution in [2.45, 2.75) is 39.8 Å². The third kappa shape index (κ3) is 6.12. The van der Waals surface area contributed by atoms with E-state index in [1.165, 1.54) is 0 Å². The Labute approximate surface area is 128 Å². The molecular weight excluding hydrogens is 264 g/mol. The molecule has 0 fully saturated rings. The maximum absolute atomic E-state index is 11.9. The number of aromatic nitrogens is 1. The van der Waals surface area contributed by atoms with Crippen LogP contribution in [0.15, 0.2) is 18.3 Å². The first-order valence-electron chi connectivity index (χ1n) is 7.57. The highest BCUT2D eigenvalue weighted by Crippen LogP contribution is 2.12. The molecule has 1 heterocycles. The highest BCUT2D eigenvalue weighted by atomic mass is 16.2. The van der Waals surface area contributed by atoms with Crippen LogP contribution in [0, 0.1) is 0 Å². The fourth-order valence-corrected chi connectivity index (χ4v) is 1.88. The second-order valence-electron chi connectivity index (χ2n) is 5.77. The van der Waals surface area contributed by atoms with Gasteiger partial charge in [-0.15, -0.1) is 0 Å². The predicted molar refractivity (Wildman–Crippen MR) is 87.4 cm³/mol. The second kappa shape index (κ2) is 8.62. The molecule has 0 aromatic carbocycles. The van der Waals surface area contributed by atoms with E-state index < -0.39 is 0 Å². The van der Waals surface area contributed by atoms with Gasteiger partial charge in [0.15, 0.2) is 0 Å². The van der Waals surface area contributed by atoms with Crippen molar-refractivity contribution in [3.63, 3.8) is 0 Å². The molecule has 0 radical (unpaired) electrons. The summed E-state index contributed by atoms with van der Waals surface area (Å²) in [4.78, 5) is 20.0. The molecule has 0 aliphatic heterocycles. The average molecular weight is 292 g/mol. The van der Waals surface area contributed by atoms with Gasteiger partial charge in [0.05, 0.1) is 6.54 Å². The Morgan fingerprint density at radius 3 is 2.52 bits per heavy atom. The number of hydrogen-bond acceptors (Lipinski definition) is 4. The summed E-state index contributed by atoms with van der Waals surface area (Å²) < 4.78 is 0. The maximum Gasteiger partial charge on any atom is 0.241 e. The van der Waals surface area contributed by atoms with E-state index in [1.807, 2.05) is 17.2 Å². The molecule has 5 nitrogen and oxygen atoms in total. The van der Waals surface area contributed by atoms with E-state index in [1.54, 1.807) is 19.0 Å². The molecule has 1 aromatic heterocycles. The predicted octanol–water partition coefficient (Wildman–Crippen LogP) is 1.88. The molecule has 1 N–H and O–H groups in total. The molecule has 0 spiro atoms. The molecule has 0 atom stereocenters. The lowest BCUT2D eigenvalue weighted by Crippen LogP contribution is -2.37. The fraction of sp³-hybridized carbons (Fsp3) is 0.625. The first-order valence-corrected chi connectivity index (χ1v) is 7.57. The normalized spacial score (nSPS) is 10.8. The fourth-order valence-electron chi connectivity index (χ4n) is 1.88. The molecule has 0 aliphatic rings. The zero-order valence-corrected chi connectivity index (χ0v) is 13.9. The van der Waals surface area contributed by atoms with Crippen LogP contribution >= 0.6 is 0 Å². The minimum atomic E-state index is 0.0933. The number of anilines is 1. The molecule has 0 unspecified atom stereocenters. The summed E-state index contributed by atoms with van der Waals surface area (Å²) in [5.74, 6) is 0.955. The van der Waals surface area contributed by atoms with Crippen molar-refractivity contribution in [3.8, 4) is 0 Å². The van der Waals surface area contributed by atoms with Gasteiger partial charge < -0.3 is 15.1 Å². The number of nitrogens with zero attached hydrogens (tertiary/aromatic N) is 3. The van der Waals surface area contributed by atoms with Crippen molar-refractivity contribution in [1.82, 2.24) is 15.2 Å². The van der Waals surface area contributed by atoms with Gasteiger partial charge in [-0.05, 0) is 18.1 Å². The van der Waals surface area contributed by atoms with Gasteiger partial charge in [0.2, 0.25) is 5.91 Å². The standard InChI is InChI=1S/C16H28N4O/c1-6-9-20(12-16(21)19(4)5)15-8-7-14(11-18-15)10-17-13(2)3/h7-8,11,13,17H,6,9-10,12H2,1-5H3. The van der Waals surface area contributed by atoms with Gasteiger partial charge in [-0.25, -0.2) is 4.98 Å². The van der Waals surface area contributed by atoms with E-state index in [9.17, 15) is 4.79 Å². The lowest BCUT2D eigenvalue weighted by Gasteiger charge is -2.24. The third-order valence-corrected chi connectivity index (χ3v) is 3.17. The first kappa shape index (κ1) is 17.4. The van der Waals surface area contributed by atoms with Crippen LogP contribution in [-0.4, -0.2) is 49.0 Å². The number of carbonyl (C=O) groups is 1. The van der Waals surface area contributed by atoms with Crippen molar-refractivity contribution in [2.24, 2.45) is 0 Å². The second-order valence-corrected chi connectivity index (χ2v) is 5.77. The number of rotatable bonds is 8. The van der Waals surface area contributed by atoms with Gasteiger partial charge in [0.25, 0.3) is 0 Å². The van der Waals surface area contributed by atoms with Gasteiger partial charge in [0.1, 0.15) is 5.82 Å². The number of hydrogen-bond donors (Lipinski definition) is 1. The Bertz CT molecular complexity index is 428. The zero-order valence-electron chi connectivity index (χ0n) is 13.9. The van der Waals surface area contributed by atoms with Crippen LogP contribution in [0.4, 0.5) is 5.82 Å². The van der Waals surface area contributed by atoms with Crippen LogP contribution in [0.25, 0.3) is 0 Å². The minimum absolute atomic E-state index is 0.0933. The molecule has 0 aliphatic carbocycles. The quantitative estimate of drug-likeness (QED) is 0.795. The summed E-state index contributed by atoms with van der Waals surface area (Å²) in [6, 6.07) is 4.52. The molecule has 21 heavy (non-hydrogen) atoms. The number of amides is 1. The van der Waals surface area contributed by atoms with E-state index in [-0.39, 0.29) is 5.91 Å².